The zero-order valence-corrected chi connectivity index (χ0v) is 12.6. The molecule has 0 spiro atoms. The van der Waals surface area contributed by atoms with Crippen molar-refractivity contribution >= 4 is 23.5 Å². The van der Waals surface area contributed by atoms with Gasteiger partial charge in [-0.05, 0) is 11.6 Å². The minimum Gasteiger partial charge on any atom is -0.461 e. The van der Waals surface area contributed by atoms with E-state index < -0.39 is 0 Å². The van der Waals surface area contributed by atoms with Crippen LogP contribution in [0.3, 0.4) is 0 Å². The molecule has 1 aliphatic heterocycles. The summed E-state index contributed by atoms with van der Waals surface area (Å²) >= 11 is 6.28. The first-order valence-electron chi connectivity index (χ1n) is 6.78. The molecule has 0 saturated heterocycles. The maximum Gasteiger partial charge on any atom is 0.339 e. The van der Waals surface area contributed by atoms with Gasteiger partial charge in [0.15, 0.2) is 0 Å². The second kappa shape index (κ2) is 5.81. The fraction of sp³-hybridized carbons (Fsp3) is 0.176. The number of hydrogen-bond acceptors (Lipinski definition) is 4. The van der Waals surface area contributed by atoms with Gasteiger partial charge in [0.05, 0.1) is 5.56 Å². The molecule has 22 heavy (non-hydrogen) atoms. The normalized spacial score (nSPS) is 12.7. The van der Waals surface area contributed by atoms with Gasteiger partial charge in [-0.15, -0.1) is 0 Å². The highest BCUT2D eigenvalue weighted by molar-refractivity contribution is 6.33. The molecule has 0 N–H and O–H groups in total. The number of halogens is 1. The van der Waals surface area contributed by atoms with Crippen molar-refractivity contribution in [1.82, 2.24) is 0 Å². The number of rotatable bonds is 3. The van der Waals surface area contributed by atoms with Crippen molar-refractivity contribution in [3.63, 3.8) is 0 Å². The van der Waals surface area contributed by atoms with Crippen LogP contribution in [0.2, 0.25) is 5.02 Å². The molecule has 0 aliphatic carbocycles. The quantitative estimate of drug-likeness (QED) is 0.809. The zero-order valence-electron chi connectivity index (χ0n) is 11.9. The van der Waals surface area contributed by atoms with Crippen molar-refractivity contribution < 1.29 is 19.1 Å². The van der Waals surface area contributed by atoms with Crippen LogP contribution in [0, 0.1) is 0 Å². The predicted molar refractivity (Wildman–Crippen MR) is 81.5 cm³/mol. The van der Waals surface area contributed by atoms with Gasteiger partial charge in [-0.25, -0.2) is 4.79 Å². The van der Waals surface area contributed by atoms with Gasteiger partial charge in [-0.2, -0.15) is 0 Å². The molecule has 3 rings (SSSR count). The number of fused-ring (bicyclic) bond motifs is 1. The highest BCUT2D eigenvalue weighted by atomic mass is 35.5. The van der Waals surface area contributed by atoms with Gasteiger partial charge < -0.3 is 9.47 Å². The van der Waals surface area contributed by atoms with Crippen molar-refractivity contribution in [2.24, 2.45) is 0 Å². The lowest BCUT2D eigenvalue weighted by molar-refractivity contribution is -0.142. The van der Waals surface area contributed by atoms with Crippen molar-refractivity contribution in [1.29, 1.82) is 0 Å². The van der Waals surface area contributed by atoms with E-state index in [0.29, 0.717) is 16.1 Å². The monoisotopic (exact) mass is 316 g/mol. The van der Waals surface area contributed by atoms with E-state index in [1.54, 1.807) is 6.07 Å². The standard InChI is InChI=1S/C17H13ClO4/c1-10(19)21-8-11-6-7-12-9-22-17(20)16(12)15(11)13-4-2-3-5-14(13)18/h2-7H,8-9H2,1H3. The first kappa shape index (κ1) is 14.6. The summed E-state index contributed by atoms with van der Waals surface area (Å²) in [4.78, 5) is 23.2. The highest BCUT2D eigenvalue weighted by Gasteiger charge is 2.28. The van der Waals surface area contributed by atoms with Gasteiger partial charge in [0.2, 0.25) is 0 Å². The lowest BCUT2D eigenvalue weighted by atomic mass is 9.92. The van der Waals surface area contributed by atoms with Crippen LogP contribution in [-0.2, 0) is 27.5 Å². The second-order valence-electron chi connectivity index (χ2n) is 4.97. The van der Waals surface area contributed by atoms with Crippen LogP contribution in [0.5, 0.6) is 0 Å². The molecule has 0 bridgehead atoms. The van der Waals surface area contributed by atoms with Crippen LogP contribution >= 0.6 is 11.6 Å². The zero-order chi connectivity index (χ0) is 15.7. The molecule has 0 aromatic heterocycles. The Kier molecular flexibility index (Phi) is 3.86. The molecule has 4 nitrogen and oxygen atoms in total. The molecule has 0 saturated carbocycles. The predicted octanol–water partition coefficient (Wildman–Crippen LogP) is 3.74. The Bertz CT molecular complexity index is 767. The molecule has 2 aromatic carbocycles. The van der Waals surface area contributed by atoms with Crippen LogP contribution in [0.1, 0.15) is 28.4 Å². The van der Waals surface area contributed by atoms with Crippen LogP contribution in [0.15, 0.2) is 36.4 Å². The first-order valence-corrected chi connectivity index (χ1v) is 7.16. The first-order chi connectivity index (χ1) is 10.6. The molecule has 2 aromatic rings. The van der Waals surface area contributed by atoms with Crippen molar-refractivity contribution in [2.45, 2.75) is 20.1 Å². The number of ether oxygens (including phenoxy) is 2. The average molecular weight is 317 g/mol. The van der Waals surface area contributed by atoms with E-state index >= 15 is 0 Å². The smallest absolute Gasteiger partial charge is 0.339 e. The maximum absolute atomic E-state index is 12.1. The molecule has 0 radical (unpaired) electrons. The summed E-state index contributed by atoms with van der Waals surface area (Å²) in [6.45, 7) is 1.67. The van der Waals surface area contributed by atoms with Gasteiger partial charge in [0.1, 0.15) is 13.2 Å². The third-order valence-electron chi connectivity index (χ3n) is 3.51. The third kappa shape index (κ3) is 2.57. The van der Waals surface area contributed by atoms with E-state index in [1.165, 1.54) is 6.92 Å². The van der Waals surface area contributed by atoms with E-state index in [2.05, 4.69) is 0 Å². The van der Waals surface area contributed by atoms with Crippen LogP contribution in [0.4, 0.5) is 0 Å². The van der Waals surface area contributed by atoms with Gasteiger partial charge in [-0.3, -0.25) is 4.79 Å². The Morgan fingerprint density at radius 2 is 2.00 bits per heavy atom. The van der Waals surface area contributed by atoms with E-state index in [4.69, 9.17) is 21.1 Å². The maximum atomic E-state index is 12.1. The third-order valence-corrected chi connectivity index (χ3v) is 3.84. The van der Waals surface area contributed by atoms with Gasteiger partial charge in [-0.1, -0.05) is 41.9 Å². The van der Waals surface area contributed by atoms with Gasteiger partial charge in [0.25, 0.3) is 0 Å². The Morgan fingerprint density at radius 3 is 2.73 bits per heavy atom. The number of cyclic esters (lactones) is 1. The van der Waals surface area contributed by atoms with Crippen LogP contribution in [0.25, 0.3) is 11.1 Å². The fourth-order valence-corrected chi connectivity index (χ4v) is 2.76. The molecule has 0 unspecified atom stereocenters. The number of esters is 2. The molecule has 5 heteroatoms. The summed E-state index contributed by atoms with van der Waals surface area (Å²) in [6.07, 6.45) is 0. The summed E-state index contributed by atoms with van der Waals surface area (Å²) in [5.41, 5.74) is 3.43. The number of benzene rings is 2. The lowest BCUT2D eigenvalue weighted by Crippen LogP contribution is -2.05. The number of hydrogen-bond donors (Lipinski definition) is 0. The summed E-state index contributed by atoms with van der Waals surface area (Å²) in [7, 11) is 0. The van der Waals surface area contributed by atoms with Crippen LogP contribution < -0.4 is 0 Å². The van der Waals surface area contributed by atoms with Crippen molar-refractivity contribution in [3.8, 4) is 11.1 Å². The summed E-state index contributed by atoms with van der Waals surface area (Å²) < 4.78 is 10.2. The second-order valence-corrected chi connectivity index (χ2v) is 5.38. The van der Waals surface area contributed by atoms with E-state index in [1.807, 2.05) is 30.3 Å². The molecule has 0 fully saturated rings. The summed E-state index contributed by atoms with van der Waals surface area (Å²) in [5.74, 6) is -0.761. The van der Waals surface area contributed by atoms with Crippen LogP contribution in [-0.4, -0.2) is 11.9 Å². The Morgan fingerprint density at radius 1 is 1.23 bits per heavy atom. The molecular weight excluding hydrogens is 304 g/mol. The van der Waals surface area contributed by atoms with E-state index in [0.717, 1.165) is 16.7 Å². The Labute approximate surface area is 132 Å². The van der Waals surface area contributed by atoms with E-state index in [9.17, 15) is 9.59 Å². The Hall–Kier alpha value is -2.33. The summed E-state index contributed by atoms with van der Waals surface area (Å²) in [5, 5.41) is 0.527. The van der Waals surface area contributed by atoms with E-state index in [-0.39, 0.29) is 25.2 Å². The topological polar surface area (TPSA) is 52.6 Å². The minimum atomic E-state index is -0.381. The molecule has 112 valence electrons. The minimum absolute atomic E-state index is 0.0798. The highest BCUT2D eigenvalue weighted by Crippen LogP contribution is 2.38. The van der Waals surface area contributed by atoms with Gasteiger partial charge >= 0.3 is 11.9 Å². The summed E-state index contributed by atoms with van der Waals surface area (Å²) in [6, 6.07) is 10.9. The molecule has 0 amide bonds. The van der Waals surface area contributed by atoms with Gasteiger partial charge in [0, 0.05) is 28.6 Å². The number of carbonyl (C=O) groups is 2. The largest absolute Gasteiger partial charge is 0.461 e. The van der Waals surface area contributed by atoms with Crippen molar-refractivity contribution in [2.75, 3.05) is 0 Å². The molecule has 1 heterocycles. The molecular formula is C17H13ClO4. The SMILES string of the molecule is CC(=O)OCc1ccc2c(c1-c1ccccc1Cl)C(=O)OC2. The van der Waals surface area contributed by atoms with Crippen molar-refractivity contribution in [3.05, 3.63) is 58.1 Å². The fourth-order valence-electron chi connectivity index (χ4n) is 2.53. The Balaban J connectivity index is 2.20. The lowest BCUT2D eigenvalue weighted by Gasteiger charge is -2.14. The molecule has 1 aliphatic rings. The molecule has 0 atom stereocenters. The number of carbonyl (C=O) groups excluding carboxylic acids is 2. The average Bonchev–Trinajstić information content (AvgIpc) is 2.87.